The summed E-state index contributed by atoms with van der Waals surface area (Å²) in [6, 6.07) is 0.709. The van der Waals surface area contributed by atoms with E-state index in [4.69, 9.17) is 0 Å². The second-order valence-corrected chi connectivity index (χ2v) is 9.24. The lowest BCUT2D eigenvalue weighted by Crippen LogP contribution is -2.53. The van der Waals surface area contributed by atoms with Crippen molar-refractivity contribution in [2.45, 2.75) is 62.2 Å². The molecule has 23 heavy (non-hydrogen) atoms. The van der Waals surface area contributed by atoms with Crippen LogP contribution in [0.2, 0.25) is 0 Å². The maximum Gasteiger partial charge on any atom is 0.317 e. The van der Waals surface area contributed by atoms with Gasteiger partial charge in [0.05, 0.1) is 4.75 Å². The van der Waals surface area contributed by atoms with Crippen LogP contribution >= 0.6 is 0 Å². The molecule has 132 valence electrons. The van der Waals surface area contributed by atoms with Gasteiger partial charge in [-0.15, -0.1) is 0 Å². The molecule has 1 aliphatic carbocycles. The van der Waals surface area contributed by atoms with Gasteiger partial charge in [0.25, 0.3) is 0 Å². The standard InChI is InChI=1S/C17H31N3O2S/c1-23(22)17(8-5-9-17)14-18-16(21)20-12-4-6-15(7-13-20)19-10-2-3-11-19/h15H,2-14H2,1H3,(H,18,21)/t15-,23-/m0/s1. The Kier molecular flexibility index (Phi) is 5.62. The summed E-state index contributed by atoms with van der Waals surface area (Å²) in [4.78, 5) is 17.1. The van der Waals surface area contributed by atoms with Gasteiger partial charge >= 0.3 is 6.03 Å². The van der Waals surface area contributed by atoms with Crippen LogP contribution in [0.15, 0.2) is 0 Å². The summed E-state index contributed by atoms with van der Waals surface area (Å²) in [7, 11) is -0.854. The number of hydrogen-bond donors (Lipinski definition) is 1. The van der Waals surface area contributed by atoms with Crippen LogP contribution in [0.3, 0.4) is 0 Å². The van der Waals surface area contributed by atoms with Crippen LogP contribution < -0.4 is 5.32 Å². The van der Waals surface area contributed by atoms with E-state index in [1.807, 2.05) is 4.90 Å². The highest BCUT2D eigenvalue weighted by molar-refractivity contribution is 7.85. The molecule has 0 radical (unpaired) electrons. The third kappa shape index (κ3) is 3.90. The number of nitrogens with zero attached hydrogens (tertiary/aromatic N) is 2. The predicted octanol–water partition coefficient (Wildman–Crippen LogP) is 1.95. The number of rotatable bonds is 4. The van der Waals surface area contributed by atoms with Gasteiger partial charge in [-0.3, -0.25) is 4.21 Å². The van der Waals surface area contributed by atoms with Gasteiger partial charge in [0.15, 0.2) is 0 Å². The largest absolute Gasteiger partial charge is 0.336 e. The molecule has 2 saturated heterocycles. The van der Waals surface area contributed by atoms with Crippen molar-refractivity contribution >= 4 is 16.8 Å². The van der Waals surface area contributed by atoms with Crippen LogP contribution in [-0.2, 0) is 10.8 Å². The van der Waals surface area contributed by atoms with Gasteiger partial charge in [0.1, 0.15) is 0 Å². The number of nitrogens with one attached hydrogen (secondary N) is 1. The molecule has 0 aromatic carbocycles. The van der Waals surface area contributed by atoms with E-state index in [-0.39, 0.29) is 10.8 Å². The monoisotopic (exact) mass is 341 g/mol. The first kappa shape index (κ1) is 17.2. The normalized spacial score (nSPS) is 29.6. The van der Waals surface area contributed by atoms with Gasteiger partial charge in [0.2, 0.25) is 0 Å². The van der Waals surface area contributed by atoms with Gasteiger partial charge in [-0.25, -0.2) is 4.79 Å². The van der Waals surface area contributed by atoms with Crippen LogP contribution in [-0.4, -0.2) is 69.8 Å². The van der Waals surface area contributed by atoms with Gasteiger partial charge in [-0.2, -0.15) is 0 Å². The number of carbonyl (C=O) groups excluding carboxylic acids is 1. The number of hydrogen-bond acceptors (Lipinski definition) is 3. The van der Waals surface area contributed by atoms with E-state index in [2.05, 4.69) is 10.2 Å². The lowest BCUT2D eigenvalue weighted by atomic mass is 9.84. The number of likely N-dealkylation sites (tertiary alicyclic amines) is 2. The molecule has 5 nitrogen and oxygen atoms in total. The lowest BCUT2D eigenvalue weighted by Gasteiger charge is -2.40. The first-order valence-corrected chi connectivity index (χ1v) is 10.8. The SMILES string of the molecule is C[S@](=O)C1(CNC(=O)N2CCC[C@H](N3CCCC3)CC2)CCC1. The van der Waals surface area contributed by atoms with Crippen LogP contribution in [0.4, 0.5) is 4.79 Å². The highest BCUT2D eigenvalue weighted by atomic mass is 32.2. The maximum absolute atomic E-state index is 12.5. The third-order valence-corrected chi connectivity index (χ3v) is 7.85. The Hall–Kier alpha value is -0.620. The summed E-state index contributed by atoms with van der Waals surface area (Å²) in [5.41, 5.74) is 0. The van der Waals surface area contributed by atoms with Crippen molar-refractivity contribution in [3.8, 4) is 0 Å². The Morgan fingerprint density at radius 3 is 2.43 bits per heavy atom. The minimum atomic E-state index is -0.854. The minimum Gasteiger partial charge on any atom is -0.336 e. The molecule has 0 aromatic heterocycles. The Labute approximate surface area is 142 Å². The Morgan fingerprint density at radius 1 is 1.09 bits per heavy atom. The Balaban J connectivity index is 1.47. The summed E-state index contributed by atoms with van der Waals surface area (Å²) >= 11 is 0. The van der Waals surface area contributed by atoms with Crippen LogP contribution in [0.5, 0.6) is 0 Å². The second-order valence-electron chi connectivity index (χ2n) is 7.46. The van der Waals surface area contributed by atoms with Crippen molar-refractivity contribution < 1.29 is 9.00 Å². The number of urea groups is 1. The van der Waals surface area contributed by atoms with E-state index >= 15 is 0 Å². The van der Waals surface area contributed by atoms with E-state index in [1.54, 1.807) is 6.26 Å². The molecule has 2 aliphatic heterocycles. The number of amides is 2. The van der Waals surface area contributed by atoms with Crippen molar-refractivity contribution in [1.29, 1.82) is 0 Å². The average molecular weight is 342 g/mol. The summed E-state index contributed by atoms with van der Waals surface area (Å²) in [5.74, 6) is 0. The first-order valence-electron chi connectivity index (χ1n) is 9.21. The lowest BCUT2D eigenvalue weighted by molar-refractivity contribution is 0.190. The third-order valence-electron chi connectivity index (χ3n) is 6.08. The summed E-state index contributed by atoms with van der Waals surface area (Å²) < 4.78 is 11.8. The molecular formula is C17H31N3O2S. The highest BCUT2D eigenvalue weighted by Crippen LogP contribution is 2.36. The van der Waals surface area contributed by atoms with E-state index in [0.29, 0.717) is 12.6 Å². The highest BCUT2D eigenvalue weighted by Gasteiger charge is 2.41. The fourth-order valence-corrected chi connectivity index (χ4v) is 5.38. The van der Waals surface area contributed by atoms with Gasteiger partial charge < -0.3 is 15.1 Å². The molecule has 2 atom stereocenters. The average Bonchev–Trinajstić information content (AvgIpc) is 2.90. The number of carbonyl (C=O) groups is 1. The van der Waals surface area contributed by atoms with Gasteiger partial charge in [-0.05, 0) is 58.0 Å². The molecular weight excluding hydrogens is 310 g/mol. The molecule has 2 amide bonds. The van der Waals surface area contributed by atoms with E-state index in [9.17, 15) is 9.00 Å². The predicted molar refractivity (Wildman–Crippen MR) is 94.1 cm³/mol. The van der Waals surface area contributed by atoms with Crippen LogP contribution in [0.25, 0.3) is 0 Å². The van der Waals surface area contributed by atoms with E-state index in [0.717, 1.165) is 45.2 Å². The zero-order valence-corrected chi connectivity index (χ0v) is 15.2. The fourth-order valence-electron chi connectivity index (χ4n) is 4.24. The van der Waals surface area contributed by atoms with Crippen molar-refractivity contribution in [2.24, 2.45) is 0 Å². The van der Waals surface area contributed by atoms with Crippen molar-refractivity contribution in [1.82, 2.24) is 15.1 Å². The molecule has 1 saturated carbocycles. The maximum atomic E-state index is 12.5. The molecule has 0 aromatic rings. The second kappa shape index (κ2) is 7.51. The molecule has 6 heteroatoms. The van der Waals surface area contributed by atoms with Crippen LogP contribution in [0, 0.1) is 0 Å². The zero-order valence-electron chi connectivity index (χ0n) is 14.4. The van der Waals surface area contributed by atoms with Gasteiger partial charge in [-0.1, -0.05) is 6.42 Å². The Bertz CT molecular complexity index is 447. The van der Waals surface area contributed by atoms with E-state index in [1.165, 1.54) is 32.4 Å². The zero-order chi connectivity index (χ0) is 16.3. The molecule has 0 bridgehead atoms. The quantitative estimate of drug-likeness (QED) is 0.850. The molecule has 0 spiro atoms. The minimum absolute atomic E-state index is 0.0452. The van der Waals surface area contributed by atoms with Crippen molar-refractivity contribution in [2.75, 3.05) is 39.0 Å². The molecule has 3 aliphatic rings. The topological polar surface area (TPSA) is 52.7 Å². The molecule has 3 fully saturated rings. The molecule has 0 unspecified atom stereocenters. The summed E-state index contributed by atoms with van der Waals surface area (Å²) in [6.07, 6.45) is 10.9. The smallest absolute Gasteiger partial charge is 0.317 e. The first-order chi connectivity index (χ1) is 11.1. The molecule has 1 N–H and O–H groups in total. The van der Waals surface area contributed by atoms with Gasteiger partial charge in [0, 0.05) is 42.7 Å². The molecule has 3 rings (SSSR count). The fraction of sp³-hybridized carbons (Fsp3) is 0.941. The van der Waals surface area contributed by atoms with Crippen LogP contribution in [0.1, 0.15) is 51.4 Å². The van der Waals surface area contributed by atoms with Crippen molar-refractivity contribution in [3.63, 3.8) is 0 Å². The van der Waals surface area contributed by atoms with E-state index < -0.39 is 10.8 Å². The summed E-state index contributed by atoms with van der Waals surface area (Å²) in [6.45, 7) is 4.76. The summed E-state index contributed by atoms with van der Waals surface area (Å²) in [5, 5.41) is 3.07. The van der Waals surface area contributed by atoms with Crippen molar-refractivity contribution in [3.05, 3.63) is 0 Å². The Morgan fingerprint density at radius 2 is 1.83 bits per heavy atom. The molecule has 2 heterocycles.